The van der Waals surface area contributed by atoms with E-state index >= 15 is 0 Å². The van der Waals surface area contributed by atoms with Crippen LogP contribution < -0.4 is 4.74 Å². The molecule has 2 nitrogen and oxygen atoms in total. The number of carbonyl (C=O) groups is 1. The van der Waals surface area contributed by atoms with Gasteiger partial charge in [-0.15, -0.1) is 0 Å². The molecule has 0 amide bonds. The number of benzene rings is 2. The first-order chi connectivity index (χ1) is 9.61. The van der Waals surface area contributed by atoms with E-state index < -0.39 is 0 Å². The highest BCUT2D eigenvalue weighted by Crippen LogP contribution is 2.29. The number of hydrogen-bond donors (Lipinski definition) is 0. The van der Waals surface area contributed by atoms with Gasteiger partial charge < -0.3 is 4.74 Å². The quantitative estimate of drug-likeness (QED) is 0.788. The number of Topliss-reactive ketones (excluding diaryl/α,β-unsaturated/α-hetero) is 1. The van der Waals surface area contributed by atoms with Crippen molar-refractivity contribution in [2.45, 2.75) is 25.9 Å². The predicted octanol–water partition coefficient (Wildman–Crippen LogP) is 4.20. The third-order valence-corrected chi connectivity index (χ3v) is 3.96. The van der Waals surface area contributed by atoms with Gasteiger partial charge in [-0.1, -0.05) is 28.1 Å². The van der Waals surface area contributed by atoms with Crippen LogP contribution in [0.4, 0.5) is 0 Å². The SMILES string of the molecule is CC1Cc2cc(C(=O)Cc3cccc(Br)c3)ccc2O1. The highest BCUT2D eigenvalue weighted by molar-refractivity contribution is 9.10. The molecule has 3 heteroatoms. The molecule has 3 rings (SSSR count). The van der Waals surface area contributed by atoms with Crippen LogP contribution in [0.3, 0.4) is 0 Å². The Bertz CT molecular complexity index is 664. The van der Waals surface area contributed by atoms with Crippen molar-refractivity contribution in [1.82, 2.24) is 0 Å². The Kier molecular flexibility index (Phi) is 3.62. The number of halogens is 1. The van der Waals surface area contributed by atoms with Crippen LogP contribution in [0.25, 0.3) is 0 Å². The van der Waals surface area contributed by atoms with Gasteiger partial charge in [0, 0.05) is 22.9 Å². The average Bonchev–Trinajstić information content (AvgIpc) is 2.77. The summed E-state index contributed by atoms with van der Waals surface area (Å²) in [7, 11) is 0. The molecule has 1 unspecified atom stereocenters. The third-order valence-electron chi connectivity index (χ3n) is 3.47. The molecule has 2 aromatic carbocycles. The number of carbonyl (C=O) groups excluding carboxylic acids is 1. The van der Waals surface area contributed by atoms with Crippen LogP contribution in [0.5, 0.6) is 5.75 Å². The predicted molar refractivity (Wildman–Crippen MR) is 82.4 cm³/mol. The maximum Gasteiger partial charge on any atom is 0.167 e. The molecule has 0 aliphatic carbocycles. The van der Waals surface area contributed by atoms with Gasteiger partial charge >= 0.3 is 0 Å². The number of ether oxygens (including phenoxy) is 1. The molecule has 0 spiro atoms. The average molecular weight is 331 g/mol. The molecule has 1 atom stereocenters. The van der Waals surface area contributed by atoms with Crippen molar-refractivity contribution in [1.29, 1.82) is 0 Å². The fraction of sp³-hybridized carbons (Fsp3) is 0.235. The molecule has 1 aliphatic rings. The van der Waals surface area contributed by atoms with Gasteiger partial charge in [0.05, 0.1) is 0 Å². The molecule has 0 radical (unpaired) electrons. The highest BCUT2D eigenvalue weighted by Gasteiger charge is 2.20. The summed E-state index contributed by atoms with van der Waals surface area (Å²) >= 11 is 3.43. The highest BCUT2D eigenvalue weighted by atomic mass is 79.9. The van der Waals surface area contributed by atoms with Crippen LogP contribution in [-0.4, -0.2) is 11.9 Å². The summed E-state index contributed by atoms with van der Waals surface area (Å²) in [5, 5.41) is 0. The molecule has 20 heavy (non-hydrogen) atoms. The summed E-state index contributed by atoms with van der Waals surface area (Å²) < 4.78 is 6.66. The third kappa shape index (κ3) is 2.78. The van der Waals surface area contributed by atoms with Gasteiger partial charge in [0.15, 0.2) is 5.78 Å². The van der Waals surface area contributed by atoms with E-state index in [-0.39, 0.29) is 11.9 Å². The molecule has 0 N–H and O–H groups in total. The van der Waals surface area contributed by atoms with Gasteiger partial charge in [-0.25, -0.2) is 0 Å². The van der Waals surface area contributed by atoms with Crippen molar-refractivity contribution in [2.75, 3.05) is 0 Å². The molecule has 0 saturated carbocycles. The zero-order valence-corrected chi connectivity index (χ0v) is 12.8. The molecule has 2 aromatic rings. The van der Waals surface area contributed by atoms with Crippen molar-refractivity contribution in [2.24, 2.45) is 0 Å². The van der Waals surface area contributed by atoms with E-state index in [0.29, 0.717) is 6.42 Å². The van der Waals surface area contributed by atoms with Gasteiger partial charge in [-0.2, -0.15) is 0 Å². The standard InChI is InChI=1S/C17H15BrO2/c1-11-7-14-10-13(5-6-17(14)20-11)16(19)9-12-3-2-4-15(18)8-12/h2-6,8,10-11H,7,9H2,1H3. The Morgan fingerprint density at radius 3 is 2.95 bits per heavy atom. The Morgan fingerprint density at radius 1 is 1.30 bits per heavy atom. The molecule has 1 aliphatic heterocycles. The molecular weight excluding hydrogens is 316 g/mol. The second-order valence-corrected chi connectivity index (χ2v) is 6.10. The fourth-order valence-electron chi connectivity index (χ4n) is 2.53. The van der Waals surface area contributed by atoms with E-state index in [0.717, 1.165) is 33.3 Å². The lowest BCUT2D eigenvalue weighted by Gasteiger charge is -2.05. The molecule has 0 saturated heterocycles. The Morgan fingerprint density at radius 2 is 2.15 bits per heavy atom. The van der Waals surface area contributed by atoms with Crippen LogP contribution >= 0.6 is 15.9 Å². The van der Waals surface area contributed by atoms with Crippen LogP contribution in [0.1, 0.15) is 28.4 Å². The van der Waals surface area contributed by atoms with E-state index in [1.54, 1.807) is 0 Å². The van der Waals surface area contributed by atoms with E-state index in [4.69, 9.17) is 4.74 Å². The minimum atomic E-state index is 0.144. The molecule has 0 fully saturated rings. The van der Waals surface area contributed by atoms with Crippen LogP contribution in [0.2, 0.25) is 0 Å². The topological polar surface area (TPSA) is 26.3 Å². The Hall–Kier alpha value is -1.61. The second kappa shape index (κ2) is 5.41. The first-order valence-electron chi connectivity index (χ1n) is 6.69. The van der Waals surface area contributed by atoms with Crippen molar-refractivity contribution >= 4 is 21.7 Å². The summed E-state index contributed by atoms with van der Waals surface area (Å²) in [4.78, 5) is 12.4. The van der Waals surface area contributed by atoms with Crippen LogP contribution in [0.15, 0.2) is 46.9 Å². The molecule has 1 heterocycles. The monoisotopic (exact) mass is 330 g/mol. The minimum Gasteiger partial charge on any atom is -0.490 e. The van der Waals surface area contributed by atoms with Crippen molar-refractivity contribution < 1.29 is 9.53 Å². The normalized spacial score (nSPS) is 16.6. The maximum absolute atomic E-state index is 12.4. The zero-order valence-electron chi connectivity index (χ0n) is 11.2. The van der Waals surface area contributed by atoms with Crippen molar-refractivity contribution in [3.63, 3.8) is 0 Å². The fourth-order valence-corrected chi connectivity index (χ4v) is 2.98. The first kappa shape index (κ1) is 13.4. The van der Waals surface area contributed by atoms with Crippen molar-refractivity contribution in [3.8, 4) is 5.75 Å². The number of fused-ring (bicyclic) bond motifs is 1. The van der Waals surface area contributed by atoms with Gasteiger partial charge in [-0.3, -0.25) is 4.79 Å². The molecule has 0 bridgehead atoms. The van der Waals surface area contributed by atoms with Gasteiger partial charge in [0.2, 0.25) is 0 Å². The first-order valence-corrected chi connectivity index (χ1v) is 7.48. The lowest BCUT2D eigenvalue weighted by Crippen LogP contribution is -2.05. The summed E-state index contributed by atoms with van der Waals surface area (Å²) in [5.74, 6) is 1.06. The lowest BCUT2D eigenvalue weighted by molar-refractivity contribution is 0.0993. The van der Waals surface area contributed by atoms with E-state index in [9.17, 15) is 4.79 Å². The van der Waals surface area contributed by atoms with E-state index in [1.807, 2.05) is 49.4 Å². The summed E-state index contributed by atoms with van der Waals surface area (Å²) in [6.45, 7) is 2.04. The minimum absolute atomic E-state index is 0.144. The van der Waals surface area contributed by atoms with Crippen LogP contribution in [-0.2, 0) is 12.8 Å². The summed E-state index contributed by atoms with van der Waals surface area (Å²) in [6, 6.07) is 13.6. The Balaban J connectivity index is 1.80. The summed E-state index contributed by atoms with van der Waals surface area (Å²) in [5.41, 5.74) is 2.92. The number of rotatable bonds is 3. The maximum atomic E-state index is 12.4. The second-order valence-electron chi connectivity index (χ2n) is 5.18. The van der Waals surface area contributed by atoms with Gasteiger partial charge in [-0.05, 0) is 48.4 Å². The number of hydrogen-bond acceptors (Lipinski definition) is 2. The molecular formula is C17H15BrO2. The van der Waals surface area contributed by atoms with Gasteiger partial charge in [0.25, 0.3) is 0 Å². The van der Waals surface area contributed by atoms with Crippen LogP contribution in [0, 0.1) is 0 Å². The van der Waals surface area contributed by atoms with Gasteiger partial charge in [0.1, 0.15) is 11.9 Å². The zero-order chi connectivity index (χ0) is 14.1. The Labute approximate surface area is 126 Å². The lowest BCUT2D eigenvalue weighted by atomic mass is 10.00. The smallest absolute Gasteiger partial charge is 0.167 e. The largest absolute Gasteiger partial charge is 0.490 e. The van der Waals surface area contributed by atoms with Crippen molar-refractivity contribution in [3.05, 3.63) is 63.6 Å². The summed E-state index contributed by atoms with van der Waals surface area (Å²) in [6.07, 6.45) is 1.52. The van der Waals surface area contributed by atoms with E-state index in [2.05, 4.69) is 15.9 Å². The van der Waals surface area contributed by atoms with E-state index in [1.165, 1.54) is 0 Å². The number of ketones is 1. The molecule has 0 aromatic heterocycles. The molecule has 102 valence electrons.